The van der Waals surface area contributed by atoms with Crippen LogP contribution >= 0.6 is 0 Å². The first-order valence-electron chi connectivity index (χ1n) is 7.97. The SMILES string of the molecule is CCCOc1ccc(OC)c(C(=O)C(C)N2CCNCC2)c1. The van der Waals surface area contributed by atoms with E-state index >= 15 is 0 Å². The summed E-state index contributed by atoms with van der Waals surface area (Å²) in [5.74, 6) is 1.41. The topological polar surface area (TPSA) is 50.8 Å². The zero-order valence-electron chi connectivity index (χ0n) is 13.7. The number of methoxy groups -OCH3 is 1. The third-order valence-corrected chi connectivity index (χ3v) is 3.99. The first-order valence-corrected chi connectivity index (χ1v) is 7.97. The molecule has 1 aliphatic heterocycles. The minimum Gasteiger partial charge on any atom is -0.496 e. The molecule has 1 saturated heterocycles. The molecule has 1 atom stereocenters. The summed E-state index contributed by atoms with van der Waals surface area (Å²) >= 11 is 0. The Bertz CT molecular complexity index is 499. The van der Waals surface area contributed by atoms with E-state index in [-0.39, 0.29) is 11.8 Å². The normalized spacial score (nSPS) is 17.0. The lowest BCUT2D eigenvalue weighted by Crippen LogP contribution is -2.50. The number of piperazine rings is 1. The second-order valence-electron chi connectivity index (χ2n) is 5.54. The highest BCUT2D eigenvalue weighted by Gasteiger charge is 2.26. The summed E-state index contributed by atoms with van der Waals surface area (Å²) in [6, 6.07) is 5.30. The summed E-state index contributed by atoms with van der Waals surface area (Å²) in [5, 5.41) is 3.31. The number of benzene rings is 1. The number of carbonyl (C=O) groups is 1. The van der Waals surface area contributed by atoms with Crippen LogP contribution in [0.4, 0.5) is 0 Å². The molecule has 1 fully saturated rings. The average Bonchev–Trinajstić information content (AvgIpc) is 2.59. The van der Waals surface area contributed by atoms with Crippen molar-refractivity contribution in [3.63, 3.8) is 0 Å². The van der Waals surface area contributed by atoms with Gasteiger partial charge in [-0.3, -0.25) is 9.69 Å². The van der Waals surface area contributed by atoms with Crippen LogP contribution in [0, 0.1) is 0 Å². The van der Waals surface area contributed by atoms with Gasteiger partial charge in [0, 0.05) is 26.2 Å². The third kappa shape index (κ3) is 3.99. The molecule has 0 bridgehead atoms. The second-order valence-corrected chi connectivity index (χ2v) is 5.54. The van der Waals surface area contributed by atoms with Crippen LogP contribution in [0.5, 0.6) is 11.5 Å². The molecule has 0 spiro atoms. The highest BCUT2D eigenvalue weighted by Crippen LogP contribution is 2.26. The van der Waals surface area contributed by atoms with Gasteiger partial charge in [0.05, 0.1) is 25.3 Å². The van der Waals surface area contributed by atoms with E-state index < -0.39 is 0 Å². The van der Waals surface area contributed by atoms with E-state index in [9.17, 15) is 4.79 Å². The van der Waals surface area contributed by atoms with Crippen LogP contribution in [-0.4, -0.2) is 56.6 Å². The fourth-order valence-corrected chi connectivity index (χ4v) is 2.65. The third-order valence-electron chi connectivity index (χ3n) is 3.99. The maximum absolute atomic E-state index is 12.9. The molecule has 5 nitrogen and oxygen atoms in total. The molecule has 0 radical (unpaired) electrons. The molecule has 5 heteroatoms. The van der Waals surface area contributed by atoms with Gasteiger partial charge in [0.1, 0.15) is 11.5 Å². The van der Waals surface area contributed by atoms with Gasteiger partial charge < -0.3 is 14.8 Å². The summed E-state index contributed by atoms with van der Waals surface area (Å²) in [6.45, 7) is 8.30. The van der Waals surface area contributed by atoms with Crippen molar-refractivity contribution < 1.29 is 14.3 Å². The fraction of sp³-hybridized carbons (Fsp3) is 0.588. The maximum Gasteiger partial charge on any atom is 0.183 e. The lowest BCUT2D eigenvalue weighted by atomic mass is 10.0. The molecule has 2 rings (SSSR count). The Kier molecular flexibility index (Phi) is 6.21. The van der Waals surface area contributed by atoms with Gasteiger partial charge in [0.25, 0.3) is 0 Å². The van der Waals surface area contributed by atoms with E-state index in [1.165, 1.54) is 0 Å². The Hall–Kier alpha value is -1.59. The van der Waals surface area contributed by atoms with Gasteiger partial charge in [-0.2, -0.15) is 0 Å². The van der Waals surface area contributed by atoms with Crippen LogP contribution in [0.25, 0.3) is 0 Å². The zero-order chi connectivity index (χ0) is 15.9. The molecule has 0 amide bonds. The van der Waals surface area contributed by atoms with Crippen molar-refractivity contribution in [3.8, 4) is 11.5 Å². The fourth-order valence-electron chi connectivity index (χ4n) is 2.65. The molecule has 0 saturated carbocycles. The monoisotopic (exact) mass is 306 g/mol. The molecule has 1 aromatic rings. The van der Waals surface area contributed by atoms with E-state index in [0.717, 1.165) is 38.3 Å². The van der Waals surface area contributed by atoms with Gasteiger partial charge in [-0.05, 0) is 31.5 Å². The molecule has 1 heterocycles. The van der Waals surface area contributed by atoms with Gasteiger partial charge in [-0.15, -0.1) is 0 Å². The van der Waals surface area contributed by atoms with Crippen molar-refractivity contribution in [2.45, 2.75) is 26.3 Å². The minimum atomic E-state index is -0.155. The van der Waals surface area contributed by atoms with Crippen LogP contribution in [0.15, 0.2) is 18.2 Å². The Balaban J connectivity index is 2.18. The summed E-state index contributed by atoms with van der Waals surface area (Å²) < 4.78 is 11.0. The number of Topliss-reactive ketones (excluding diaryl/α,β-unsaturated/α-hetero) is 1. The van der Waals surface area contributed by atoms with Crippen LogP contribution in [0.2, 0.25) is 0 Å². The number of carbonyl (C=O) groups excluding carboxylic acids is 1. The molecule has 0 aliphatic carbocycles. The number of nitrogens with one attached hydrogen (secondary N) is 1. The molecular weight excluding hydrogens is 280 g/mol. The molecule has 1 N–H and O–H groups in total. The predicted octanol–water partition coefficient (Wildman–Crippen LogP) is 1.96. The van der Waals surface area contributed by atoms with E-state index in [2.05, 4.69) is 17.1 Å². The van der Waals surface area contributed by atoms with Crippen molar-refractivity contribution in [1.82, 2.24) is 10.2 Å². The average molecular weight is 306 g/mol. The summed E-state index contributed by atoms with van der Waals surface area (Å²) in [7, 11) is 1.59. The molecule has 122 valence electrons. The van der Waals surface area contributed by atoms with Crippen LogP contribution in [0.1, 0.15) is 30.6 Å². The minimum absolute atomic E-state index is 0.0840. The van der Waals surface area contributed by atoms with E-state index in [4.69, 9.17) is 9.47 Å². The lowest BCUT2D eigenvalue weighted by Gasteiger charge is -2.32. The standard InChI is InChI=1S/C17H26N2O3/c1-4-11-22-14-5-6-16(21-3)15(12-14)17(20)13(2)19-9-7-18-8-10-19/h5-6,12-13,18H,4,7-11H2,1-3H3. The van der Waals surface area contributed by atoms with Gasteiger partial charge in [0.2, 0.25) is 0 Å². The van der Waals surface area contributed by atoms with E-state index in [1.807, 2.05) is 19.1 Å². The largest absolute Gasteiger partial charge is 0.496 e. The molecule has 1 unspecified atom stereocenters. The summed E-state index contributed by atoms with van der Waals surface area (Å²) in [6.07, 6.45) is 0.937. The summed E-state index contributed by atoms with van der Waals surface area (Å²) in [4.78, 5) is 15.1. The predicted molar refractivity (Wildman–Crippen MR) is 87.0 cm³/mol. The molecule has 1 aliphatic rings. The summed E-state index contributed by atoms with van der Waals surface area (Å²) in [5.41, 5.74) is 0.599. The lowest BCUT2D eigenvalue weighted by molar-refractivity contribution is 0.0816. The van der Waals surface area contributed by atoms with Crippen molar-refractivity contribution in [3.05, 3.63) is 23.8 Å². The van der Waals surface area contributed by atoms with Crippen LogP contribution < -0.4 is 14.8 Å². The highest BCUT2D eigenvalue weighted by molar-refractivity contribution is 6.02. The van der Waals surface area contributed by atoms with Crippen molar-refractivity contribution in [2.24, 2.45) is 0 Å². The Morgan fingerprint density at radius 2 is 2.09 bits per heavy atom. The first-order chi connectivity index (χ1) is 10.7. The highest BCUT2D eigenvalue weighted by atomic mass is 16.5. The Morgan fingerprint density at radius 1 is 1.36 bits per heavy atom. The molecule has 0 aromatic heterocycles. The van der Waals surface area contributed by atoms with Gasteiger partial charge >= 0.3 is 0 Å². The van der Waals surface area contributed by atoms with Crippen molar-refractivity contribution in [1.29, 1.82) is 0 Å². The second kappa shape index (κ2) is 8.15. The maximum atomic E-state index is 12.9. The van der Waals surface area contributed by atoms with Crippen molar-refractivity contribution in [2.75, 3.05) is 39.9 Å². The first kappa shape index (κ1) is 16.8. The van der Waals surface area contributed by atoms with Crippen molar-refractivity contribution >= 4 is 5.78 Å². The van der Waals surface area contributed by atoms with Gasteiger partial charge in [0.15, 0.2) is 5.78 Å². The van der Waals surface area contributed by atoms with E-state index in [1.54, 1.807) is 13.2 Å². The Morgan fingerprint density at radius 3 is 2.73 bits per heavy atom. The number of nitrogens with zero attached hydrogens (tertiary/aromatic N) is 1. The van der Waals surface area contributed by atoms with Crippen LogP contribution in [0.3, 0.4) is 0 Å². The number of hydrogen-bond acceptors (Lipinski definition) is 5. The number of ether oxygens (including phenoxy) is 2. The number of ketones is 1. The smallest absolute Gasteiger partial charge is 0.183 e. The Labute approximate surface area is 132 Å². The van der Waals surface area contributed by atoms with Gasteiger partial charge in [-0.1, -0.05) is 6.92 Å². The molecule has 1 aromatic carbocycles. The number of rotatable bonds is 7. The molecular formula is C17H26N2O3. The quantitative estimate of drug-likeness (QED) is 0.781. The van der Waals surface area contributed by atoms with Crippen LogP contribution in [-0.2, 0) is 0 Å². The number of hydrogen-bond donors (Lipinski definition) is 1. The zero-order valence-corrected chi connectivity index (χ0v) is 13.7. The van der Waals surface area contributed by atoms with E-state index in [0.29, 0.717) is 17.9 Å². The molecule has 22 heavy (non-hydrogen) atoms. The van der Waals surface area contributed by atoms with Gasteiger partial charge in [-0.25, -0.2) is 0 Å².